The van der Waals surface area contributed by atoms with Gasteiger partial charge in [0.2, 0.25) is 5.95 Å². The van der Waals surface area contributed by atoms with Crippen LogP contribution in [0.5, 0.6) is 0 Å². The summed E-state index contributed by atoms with van der Waals surface area (Å²) in [5.74, 6) is 1.59. The van der Waals surface area contributed by atoms with Gasteiger partial charge in [-0.1, -0.05) is 0 Å². The van der Waals surface area contributed by atoms with E-state index >= 15 is 0 Å². The SMILES string of the molecule is CCNc1cc(C)nc(N2CCN(C(=O)c3cccnc3)CC2)n1. The summed E-state index contributed by atoms with van der Waals surface area (Å²) in [5.41, 5.74) is 1.57. The van der Waals surface area contributed by atoms with Gasteiger partial charge in [0.25, 0.3) is 5.91 Å². The maximum Gasteiger partial charge on any atom is 0.255 e. The number of carbonyl (C=O) groups excluding carboxylic acids is 1. The molecule has 126 valence electrons. The third kappa shape index (κ3) is 3.61. The zero-order valence-corrected chi connectivity index (χ0v) is 14.1. The van der Waals surface area contributed by atoms with Crippen LogP contribution < -0.4 is 10.2 Å². The summed E-state index contributed by atoms with van der Waals surface area (Å²) < 4.78 is 0. The average molecular weight is 326 g/mol. The minimum atomic E-state index is 0.0289. The Morgan fingerprint density at radius 2 is 2.04 bits per heavy atom. The van der Waals surface area contributed by atoms with E-state index in [0.717, 1.165) is 37.1 Å². The fourth-order valence-electron chi connectivity index (χ4n) is 2.75. The van der Waals surface area contributed by atoms with Crippen LogP contribution in [0.2, 0.25) is 0 Å². The topological polar surface area (TPSA) is 74.2 Å². The molecule has 0 aromatic carbocycles. The highest BCUT2D eigenvalue weighted by atomic mass is 16.2. The van der Waals surface area contributed by atoms with Crippen molar-refractivity contribution >= 4 is 17.7 Å². The van der Waals surface area contributed by atoms with Crippen molar-refractivity contribution in [3.8, 4) is 0 Å². The predicted octanol–water partition coefficient (Wildman–Crippen LogP) is 1.57. The summed E-state index contributed by atoms with van der Waals surface area (Å²) in [7, 11) is 0. The van der Waals surface area contributed by atoms with E-state index in [-0.39, 0.29) is 5.91 Å². The quantitative estimate of drug-likeness (QED) is 0.919. The molecule has 1 aliphatic heterocycles. The monoisotopic (exact) mass is 326 g/mol. The number of pyridine rings is 1. The first-order chi connectivity index (χ1) is 11.7. The fourth-order valence-corrected chi connectivity index (χ4v) is 2.75. The van der Waals surface area contributed by atoms with Gasteiger partial charge < -0.3 is 15.1 Å². The standard InChI is InChI=1S/C17H22N6O/c1-3-19-15-11-13(2)20-17(21-15)23-9-7-22(8-10-23)16(24)14-5-4-6-18-12-14/h4-6,11-12H,3,7-10H2,1-2H3,(H,19,20,21). The summed E-state index contributed by atoms with van der Waals surface area (Å²) >= 11 is 0. The van der Waals surface area contributed by atoms with Gasteiger partial charge in [0, 0.05) is 56.9 Å². The Hall–Kier alpha value is -2.70. The van der Waals surface area contributed by atoms with Crippen LogP contribution in [0.4, 0.5) is 11.8 Å². The molecule has 7 heteroatoms. The van der Waals surface area contributed by atoms with Crippen LogP contribution in [0.15, 0.2) is 30.6 Å². The third-order valence-electron chi connectivity index (χ3n) is 3.96. The van der Waals surface area contributed by atoms with E-state index in [2.05, 4.69) is 25.2 Å². The van der Waals surface area contributed by atoms with Gasteiger partial charge in [-0.15, -0.1) is 0 Å². The van der Waals surface area contributed by atoms with E-state index in [1.54, 1.807) is 24.5 Å². The third-order valence-corrected chi connectivity index (χ3v) is 3.96. The molecule has 24 heavy (non-hydrogen) atoms. The molecule has 2 aromatic heterocycles. The summed E-state index contributed by atoms with van der Waals surface area (Å²) in [6.45, 7) is 7.59. The molecule has 2 aromatic rings. The molecule has 1 N–H and O–H groups in total. The predicted molar refractivity (Wildman–Crippen MR) is 93.3 cm³/mol. The van der Waals surface area contributed by atoms with Crippen molar-refractivity contribution < 1.29 is 4.79 Å². The Bertz CT molecular complexity index is 697. The first kappa shape index (κ1) is 16.2. The van der Waals surface area contributed by atoms with Crippen molar-refractivity contribution in [2.24, 2.45) is 0 Å². The van der Waals surface area contributed by atoms with Gasteiger partial charge in [-0.3, -0.25) is 9.78 Å². The number of amides is 1. The number of aryl methyl sites for hydroxylation is 1. The Kier molecular flexibility index (Phi) is 4.88. The summed E-state index contributed by atoms with van der Waals surface area (Å²) in [6.07, 6.45) is 3.28. The van der Waals surface area contributed by atoms with Crippen LogP contribution in [0.3, 0.4) is 0 Å². The average Bonchev–Trinajstić information content (AvgIpc) is 2.62. The van der Waals surface area contributed by atoms with Gasteiger partial charge >= 0.3 is 0 Å². The highest BCUT2D eigenvalue weighted by molar-refractivity contribution is 5.94. The number of hydrogen-bond donors (Lipinski definition) is 1. The van der Waals surface area contributed by atoms with Crippen molar-refractivity contribution in [3.05, 3.63) is 41.9 Å². The van der Waals surface area contributed by atoms with Crippen LogP contribution in [-0.4, -0.2) is 58.5 Å². The number of nitrogens with zero attached hydrogens (tertiary/aromatic N) is 5. The molecule has 7 nitrogen and oxygen atoms in total. The second kappa shape index (κ2) is 7.25. The first-order valence-electron chi connectivity index (χ1n) is 8.21. The number of carbonyl (C=O) groups is 1. The molecule has 3 rings (SSSR count). The van der Waals surface area contributed by atoms with E-state index < -0.39 is 0 Å². The molecule has 0 saturated carbocycles. The molecule has 0 spiro atoms. The molecule has 0 atom stereocenters. The first-order valence-corrected chi connectivity index (χ1v) is 8.21. The van der Waals surface area contributed by atoms with Gasteiger partial charge in [0.15, 0.2) is 0 Å². The lowest BCUT2D eigenvalue weighted by molar-refractivity contribution is 0.0746. The highest BCUT2D eigenvalue weighted by Crippen LogP contribution is 2.16. The van der Waals surface area contributed by atoms with Gasteiger partial charge in [-0.25, -0.2) is 4.98 Å². The van der Waals surface area contributed by atoms with Crippen molar-refractivity contribution in [1.29, 1.82) is 0 Å². The van der Waals surface area contributed by atoms with Gasteiger partial charge in [0.05, 0.1) is 5.56 Å². The molecule has 0 bridgehead atoms. The lowest BCUT2D eigenvalue weighted by atomic mass is 10.2. The Labute approximate surface area is 141 Å². The number of piperazine rings is 1. The molecular formula is C17H22N6O. The Balaban J connectivity index is 1.66. The van der Waals surface area contributed by atoms with Crippen molar-refractivity contribution in [3.63, 3.8) is 0 Å². The van der Waals surface area contributed by atoms with Crippen LogP contribution >= 0.6 is 0 Å². The maximum atomic E-state index is 12.5. The van der Waals surface area contributed by atoms with Gasteiger partial charge in [-0.05, 0) is 26.0 Å². The normalized spacial score (nSPS) is 14.6. The Morgan fingerprint density at radius 1 is 1.25 bits per heavy atom. The Morgan fingerprint density at radius 3 is 2.71 bits per heavy atom. The molecule has 0 aliphatic carbocycles. The minimum Gasteiger partial charge on any atom is -0.370 e. The fraction of sp³-hybridized carbons (Fsp3) is 0.412. The molecule has 1 amide bonds. The molecular weight excluding hydrogens is 304 g/mol. The minimum absolute atomic E-state index is 0.0289. The molecule has 3 heterocycles. The zero-order chi connectivity index (χ0) is 16.9. The molecule has 1 aliphatic rings. The van der Waals surface area contributed by atoms with Crippen LogP contribution in [-0.2, 0) is 0 Å². The molecule has 1 fully saturated rings. The second-order valence-electron chi connectivity index (χ2n) is 5.75. The number of aromatic nitrogens is 3. The lowest BCUT2D eigenvalue weighted by Crippen LogP contribution is -2.49. The summed E-state index contributed by atoms with van der Waals surface area (Å²) in [6, 6.07) is 5.52. The summed E-state index contributed by atoms with van der Waals surface area (Å²) in [5, 5.41) is 3.23. The maximum absolute atomic E-state index is 12.5. The largest absolute Gasteiger partial charge is 0.370 e. The second-order valence-corrected chi connectivity index (χ2v) is 5.75. The lowest BCUT2D eigenvalue weighted by Gasteiger charge is -2.35. The number of anilines is 2. The molecule has 0 unspecified atom stereocenters. The van der Waals surface area contributed by atoms with E-state index in [1.165, 1.54) is 0 Å². The van der Waals surface area contributed by atoms with Crippen LogP contribution in [0, 0.1) is 6.92 Å². The van der Waals surface area contributed by atoms with Gasteiger partial charge in [0.1, 0.15) is 5.82 Å². The zero-order valence-electron chi connectivity index (χ0n) is 14.1. The smallest absolute Gasteiger partial charge is 0.255 e. The molecule has 0 radical (unpaired) electrons. The van der Waals surface area contributed by atoms with E-state index in [0.29, 0.717) is 18.7 Å². The van der Waals surface area contributed by atoms with Crippen molar-refractivity contribution in [2.75, 3.05) is 42.9 Å². The van der Waals surface area contributed by atoms with Gasteiger partial charge in [-0.2, -0.15) is 4.98 Å². The van der Waals surface area contributed by atoms with E-state index in [1.807, 2.05) is 24.8 Å². The molecule has 1 saturated heterocycles. The number of hydrogen-bond acceptors (Lipinski definition) is 6. The number of nitrogens with one attached hydrogen (secondary N) is 1. The van der Waals surface area contributed by atoms with E-state index in [9.17, 15) is 4.79 Å². The van der Waals surface area contributed by atoms with E-state index in [4.69, 9.17) is 0 Å². The van der Waals surface area contributed by atoms with Crippen molar-refractivity contribution in [1.82, 2.24) is 19.9 Å². The van der Waals surface area contributed by atoms with Crippen LogP contribution in [0.25, 0.3) is 0 Å². The summed E-state index contributed by atoms with van der Waals surface area (Å²) in [4.78, 5) is 29.6. The number of rotatable bonds is 4. The van der Waals surface area contributed by atoms with Crippen LogP contribution in [0.1, 0.15) is 23.0 Å². The highest BCUT2D eigenvalue weighted by Gasteiger charge is 2.23. The van der Waals surface area contributed by atoms with Crippen molar-refractivity contribution in [2.45, 2.75) is 13.8 Å².